The highest BCUT2D eigenvalue weighted by Crippen LogP contribution is 2.17. The van der Waals surface area contributed by atoms with E-state index in [0.717, 1.165) is 0 Å². The minimum absolute atomic E-state index is 0.320. The molecule has 1 aromatic heterocycles. The average Bonchev–Trinajstić information content (AvgIpc) is 2.60. The Morgan fingerprint density at radius 1 is 1.12 bits per heavy atom. The molecule has 0 spiro atoms. The van der Waals surface area contributed by atoms with Crippen molar-refractivity contribution in [1.82, 2.24) is 0 Å². The molecule has 0 radical (unpaired) electrons. The van der Waals surface area contributed by atoms with Crippen LogP contribution in [0.5, 0.6) is 0 Å². The van der Waals surface area contributed by atoms with Gasteiger partial charge in [0, 0.05) is 23.2 Å². The Labute approximate surface area is 137 Å². The molecule has 0 bridgehead atoms. The lowest BCUT2D eigenvalue weighted by Crippen LogP contribution is -2.07. The largest absolute Gasteiger partial charge is 0.423 e. The van der Waals surface area contributed by atoms with Crippen LogP contribution in [0.15, 0.2) is 69.9 Å². The number of carbonyl (C=O) groups excluding carboxylic acids is 1. The number of hydrogen-bond acceptors (Lipinski definition) is 4. The van der Waals surface area contributed by atoms with Gasteiger partial charge in [-0.3, -0.25) is 4.79 Å². The second kappa shape index (κ2) is 6.63. The third-order valence-electron chi connectivity index (χ3n) is 3.38. The van der Waals surface area contributed by atoms with Crippen LogP contribution in [-0.4, -0.2) is 5.91 Å². The predicted molar refractivity (Wildman–Crippen MR) is 91.3 cm³/mol. The van der Waals surface area contributed by atoms with Gasteiger partial charge in [-0.2, -0.15) is 5.26 Å². The molecule has 0 aliphatic rings. The first-order chi connectivity index (χ1) is 11.7. The summed E-state index contributed by atoms with van der Waals surface area (Å²) in [7, 11) is 0. The Kier molecular flexibility index (Phi) is 4.21. The highest BCUT2D eigenvalue weighted by Gasteiger charge is 2.02. The van der Waals surface area contributed by atoms with E-state index in [9.17, 15) is 9.59 Å². The Morgan fingerprint density at radius 2 is 1.96 bits per heavy atom. The molecule has 3 rings (SSSR count). The lowest BCUT2D eigenvalue weighted by molar-refractivity contribution is -0.111. The van der Waals surface area contributed by atoms with Crippen LogP contribution in [0.1, 0.15) is 11.1 Å². The topological polar surface area (TPSA) is 83.1 Å². The van der Waals surface area contributed by atoms with Crippen LogP contribution in [0.3, 0.4) is 0 Å². The molecule has 0 atom stereocenters. The van der Waals surface area contributed by atoms with E-state index in [4.69, 9.17) is 9.68 Å². The van der Waals surface area contributed by atoms with Gasteiger partial charge in [0.15, 0.2) is 0 Å². The molecule has 1 heterocycles. The van der Waals surface area contributed by atoms with Crippen molar-refractivity contribution >= 4 is 28.6 Å². The molecule has 5 nitrogen and oxygen atoms in total. The highest BCUT2D eigenvalue weighted by atomic mass is 16.4. The van der Waals surface area contributed by atoms with Gasteiger partial charge < -0.3 is 9.73 Å². The van der Waals surface area contributed by atoms with Crippen LogP contribution < -0.4 is 10.9 Å². The fourth-order valence-electron chi connectivity index (χ4n) is 2.24. The molecule has 0 saturated carbocycles. The van der Waals surface area contributed by atoms with E-state index in [1.165, 1.54) is 12.1 Å². The van der Waals surface area contributed by atoms with Gasteiger partial charge in [0.25, 0.3) is 0 Å². The van der Waals surface area contributed by atoms with Crippen molar-refractivity contribution in [3.8, 4) is 6.07 Å². The van der Waals surface area contributed by atoms with Crippen LogP contribution in [-0.2, 0) is 4.79 Å². The number of benzene rings is 2. The van der Waals surface area contributed by atoms with E-state index >= 15 is 0 Å². The van der Waals surface area contributed by atoms with E-state index in [1.807, 2.05) is 0 Å². The summed E-state index contributed by atoms with van der Waals surface area (Å²) in [5.41, 5.74) is 1.80. The normalized spacial score (nSPS) is 10.6. The maximum absolute atomic E-state index is 12.0. The molecule has 1 N–H and O–H groups in total. The van der Waals surface area contributed by atoms with Crippen molar-refractivity contribution in [2.24, 2.45) is 0 Å². The minimum atomic E-state index is -0.418. The molecule has 5 heteroatoms. The number of anilines is 1. The van der Waals surface area contributed by atoms with Crippen molar-refractivity contribution in [3.05, 3.63) is 82.2 Å². The summed E-state index contributed by atoms with van der Waals surface area (Å²) in [5, 5.41) is 12.5. The third-order valence-corrected chi connectivity index (χ3v) is 3.38. The molecule has 0 fully saturated rings. The molecule has 1 amide bonds. The summed E-state index contributed by atoms with van der Waals surface area (Å²) in [5.74, 6) is -0.320. The first-order valence-electron chi connectivity index (χ1n) is 7.18. The number of carbonyl (C=O) groups is 1. The first-order valence-corrected chi connectivity index (χ1v) is 7.18. The molecule has 2 aromatic carbocycles. The van der Waals surface area contributed by atoms with Gasteiger partial charge in [0.2, 0.25) is 5.91 Å². The number of nitrogens with zero attached hydrogens (tertiary/aromatic N) is 1. The molecule has 116 valence electrons. The zero-order chi connectivity index (χ0) is 16.9. The van der Waals surface area contributed by atoms with E-state index < -0.39 is 5.63 Å². The van der Waals surface area contributed by atoms with Gasteiger partial charge in [-0.1, -0.05) is 18.2 Å². The van der Waals surface area contributed by atoms with Crippen LogP contribution in [0.4, 0.5) is 5.69 Å². The zero-order valence-electron chi connectivity index (χ0n) is 12.5. The van der Waals surface area contributed by atoms with E-state index in [0.29, 0.717) is 27.8 Å². The molecular formula is C19H12N2O3. The molecule has 24 heavy (non-hydrogen) atoms. The maximum atomic E-state index is 12.0. The van der Waals surface area contributed by atoms with Crippen molar-refractivity contribution in [3.63, 3.8) is 0 Å². The van der Waals surface area contributed by atoms with Crippen molar-refractivity contribution in [2.75, 3.05) is 5.32 Å². The summed E-state index contributed by atoms with van der Waals surface area (Å²) in [6.45, 7) is 0. The minimum Gasteiger partial charge on any atom is -0.423 e. The Morgan fingerprint density at radius 3 is 2.79 bits per heavy atom. The second-order valence-electron chi connectivity index (χ2n) is 5.03. The number of hydrogen-bond donors (Lipinski definition) is 1. The predicted octanol–water partition coefficient (Wildman–Crippen LogP) is 3.32. The van der Waals surface area contributed by atoms with E-state index in [1.54, 1.807) is 54.6 Å². The molecule has 0 aliphatic heterocycles. The SMILES string of the molecule is N#Cc1ccccc1/C=C/C(=O)Nc1ccc2oc(=O)ccc2c1. The molecular weight excluding hydrogens is 304 g/mol. The van der Waals surface area contributed by atoms with Crippen LogP contribution >= 0.6 is 0 Å². The van der Waals surface area contributed by atoms with Crippen LogP contribution in [0, 0.1) is 11.3 Å². The smallest absolute Gasteiger partial charge is 0.336 e. The lowest BCUT2D eigenvalue weighted by Gasteiger charge is -2.03. The van der Waals surface area contributed by atoms with Gasteiger partial charge in [-0.25, -0.2) is 4.79 Å². The van der Waals surface area contributed by atoms with Crippen LogP contribution in [0.25, 0.3) is 17.0 Å². The van der Waals surface area contributed by atoms with Crippen molar-refractivity contribution < 1.29 is 9.21 Å². The second-order valence-corrected chi connectivity index (χ2v) is 5.03. The Balaban J connectivity index is 1.77. The monoisotopic (exact) mass is 316 g/mol. The fraction of sp³-hybridized carbons (Fsp3) is 0. The van der Waals surface area contributed by atoms with Gasteiger partial charge >= 0.3 is 5.63 Å². The fourth-order valence-corrected chi connectivity index (χ4v) is 2.24. The summed E-state index contributed by atoms with van der Waals surface area (Å²) in [6.07, 6.45) is 2.96. The van der Waals surface area contributed by atoms with Crippen molar-refractivity contribution in [2.45, 2.75) is 0 Å². The molecule has 0 saturated heterocycles. The summed E-state index contributed by atoms with van der Waals surface area (Å²) in [4.78, 5) is 23.2. The maximum Gasteiger partial charge on any atom is 0.336 e. The third kappa shape index (κ3) is 3.39. The Bertz CT molecular complexity index is 1040. The molecule has 3 aromatic rings. The van der Waals surface area contributed by atoms with Gasteiger partial charge in [0.05, 0.1) is 11.6 Å². The zero-order valence-corrected chi connectivity index (χ0v) is 12.5. The Hall–Kier alpha value is -3.65. The number of fused-ring (bicyclic) bond motifs is 1. The number of rotatable bonds is 3. The van der Waals surface area contributed by atoms with Gasteiger partial charge in [-0.05, 0) is 42.0 Å². The molecule has 0 aliphatic carbocycles. The molecule has 0 unspecified atom stereocenters. The van der Waals surface area contributed by atoms with E-state index in [2.05, 4.69) is 11.4 Å². The van der Waals surface area contributed by atoms with E-state index in [-0.39, 0.29) is 5.91 Å². The summed E-state index contributed by atoms with van der Waals surface area (Å²) < 4.78 is 5.04. The van der Waals surface area contributed by atoms with Crippen molar-refractivity contribution in [1.29, 1.82) is 5.26 Å². The standard InChI is InChI=1S/C19H12N2O3/c20-12-15-4-2-1-3-13(15)5-9-18(22)21-16-7-8-17-14(11-16)6-10-19(23)24-17/h1-11H,(H,21,22)/b9-5+. The number of nitriles is 1. The number of nitrogens with one attached hydrogen (secondary N) is 1. The lowest BCUT2D eigenvalue weighted by atomic mass is 10.1. The summed E-state index contributed by atoms with van der Waals surface area (Å²) >= 11 is 0. The quantitative estimate of drug-likeness (QED) is 0.593. The van der Waals surface area contributed by atoms with Gasteiger partial charge in [-0.15, -0.1) is 0 Å². The summed E-state index contributed by atoms with van der Waals surface area (Å²) in [6, 6.07) is 17.1. The average molecular weight is 316 g/mol. The van der Waals surface area contributed by atoms with Gasteiger partial charge in [0.1, 0.15) is 5.58 Å². The van der Waals surface area contributed by atoms with Crippen LogP contribution in [0.2, 0.25) is 0 Å². The highest BCUT2D eigenvalue weighted by molar-refractivity contribution is 6.03. The number of amides is 1. The first kappa shape index (κ1) is 15.3.